The first-order valence-corrected chi connectivity index (χ1v) is 5.04. The van der Waals surface area contributed by atoms with Gasteiger partial charge in [0, 0.05) is 5.71 Å². The number of nitrogens with zero attached hydrogens (tertiary/aromatic N) is 1. The minimum atomic E-state index is 0.145. The zero-order valence-corrected chi connectivity index (χ0v) is 9.33. The normalized spacial score (nSPS) is 30.2. The Kier molecular flexibility index (Phi) is 2.39. The number of rotatable bonds is 0. The highest BCUT2D eigenvalue weighted by atomic mass is 32.2. The number of hydrogen-bond acceptors (Lipinski definition) is 2. The maximum absolute atomic E-state index is 4.40. The third-order valence-corrected chi connectivity index (χ3v) is 4.02. The average Bonchev–Trinajstić information content (AvgIpc) is 1.93. The lowest BCUT2D eigenvalue weighted by Gasteiger charge is -2.38. The fourth-order valence-corrected chi connectivity index (χ4v) is 1.69. The Morgan fingerprint density at radius 2 is 2.00 bits per heavy atom. The molecule has 0 saturated carbocycles. The van der Waals surface area contributed by atoms with E-state index in [0.29, 0.717) is 0 Å². The lowest BCUT2D eigenvalue weighted by atomic mass is 9.80. The summed E-state index contributed by atoms with van der Waals surface area (Å²) >= 11 is 1.68. The SMILES string of the molecule is CC1=NSC(C)(C(C)(C)C)C=C1. The molecule has 0 amide bonds. The van der Waals surface area contributed by atoms with Crippen molar-refractivity contribution in [2.75, 3.05) is 0 Å². The van der Waals surface area contributed by atoms with Crippen LogP contribution in [-0.4, -0.2) is 10.5 Å². The van der Waals surface area contributed by atoms with Gasteiger partial charge in [0.1, 0.15) is 0 Å². The molecule has 1 aliphatic heterocycles. The molecule has 2 heteroatoms. The largest absolute Gasteiger partial charge is 0.221 e. The lowest BCUT2D eigenvalue weighted by molar-refractivity contribution is 0.347. The van der Waals surface area contributed by atoms with E-state index in [9.17, 15) is 0 Å². The van der Waals surface area contributed by atoms with Crippen molar-refractivity contribution in [3.8, 4) is 0 Å². The minimum absolute atomic E-state index is 0.145. The van der Waals surface area contributed by atoms with Gasteiger partial charge in [-0.3, -0.25) is 0 Å². The molecule has 0 bridgehead atoms. The summed E-state index contributed by atoms with van der Waals surface area (Å²) in [6, 6.07) is 0. The highest BCUT2D eigenvalue weighted by molar-refractivity contribution is 7.99. The van der Waals surface area contributed by atoms with Gasteiger partial charge in [-0.25, -0.2) is 4.40 Å². The van der Waals surface area contributed by atoms with Crippen molar-refractivity contribution in [3.63, 3.8) is 0 Å². The molecular formula is C10H17NS. The van der Waals surface area contributed by atoms with Crippen LogP contribution in [0.5, 0.6) is 0 Å². The van der Waals surface area contributed by atoms with E-state index in [0.717, 1.165) is 5.71 Å². The van der Waals surface area contributed by atoms with Gasteiger partial charge in [-0.2, -0.15) is 0 Å². The first kappa shape index (κ1) is 9.85. The predicted octanol–water partition coefficient (Wildman–Crippen LogP) is 3.47. The zero-order valence-electron chi connectivity index (χ0n) is 8.51. The zero-order chi connectivity index (χ0) is 9.41. The molecule has 0 radical (unpaired) electrons. The Bertz CT molecular complexity index is 235. The first-order valence-electron chi connectivity index (χ1n) is 4.27. The van der Waals surface area contributed by atoms with Gasteiger partial charge in [0.25, 0.3) is 0 Å². The van der Waals surface area contributed by atoms with Gasteiger partial charge in [-0.1, -0.05) is 26.8 Å². The molecule has 0 aromatic carbocycles. The summed E-state index contributed by atoms with van der Waals surface area (Å²) in [5, 5.41) is 0. The molecule has 1 heterocycles. The molecular weight excluding hydrogens is 166 g/mol. The van der Waals surface area contributed by atoms with Crippen LogP contribution in [-0.2, 0) is 0 Å². The Morgan fingerprint density at radius 1 is 1.42 bits per heavy atom. The molecule has 1 aliphatic rings. The third-order valence-electron chi connectivity index (χ3n) is 2.51. The van der Waals surface area contributed by atoms with Gasteiger partial charge < -0.3 is 0 Å². The van der Waals surface area contributed by atoms with Crippen LogP contribution in [0.2, 0.25) is 0 Å². The molecule has 68 valence electrons. The Hall–Kier alpha value is -0.240. The van der Waals surface area contributed by atoms with Crippen LogP contribution in [0.25, 0.3) is 0 Å². The lowest BCUT2D eigenvalue weighted by Crippen LogP contribution is -2.35. The van der Waals surface area contributed by atoms with Gasteiger partial charge in [0.05, 0.1) is 4.75 Å². The highest BCUT2D eigenvalue weighted by Crippen LogP contribution is 2.44. The van der Waals surface area contributed by atoms with Crippen molar-refractivity contribution in [2.24, 2.45) is 9.81 Å². The fraction of sp³-hybridized carbons (Fsp3) is 0.700. The summed E-state index contributed by atoms with van der Waals surface area (Å²) < 4.78 is 4.54. The highest BCUT2D eigenvalue weighted by Gasteiger charge is 2.37. The second-order valence-electron chi connectivity index (χ2n) is 4.51. The summed E-state index contributed by atoms with van der Waals surface area (Å²) in [5.41, 5.74) is 1.37. The van der Waals surface area contributed by atoms with Crippen molar-refractivity contribution >= 4 is 17.7 Å². The number of hydrogen-bond donors (Lipinski definition) is 0. The molecule has 1 rings (SSSR count). The fourth-order valence-electron chi connectivity index (χ4n) is 0.894. The standard InChI is InChI=1S/C10H17NS/c1-8-6-7-10(5,12-11-8)9(2,3)4/h6-7H,1-5H3. The topological polar surface area (TPSA) is 12.4 Å². The van der Waals surface area contributed by atoms with Crippen LogP contribution in [0, 0.1) is 5.41 Å². The van der Waals surface area contributed by atoms with Gasteiger partial charge in [0.2, 0.25) is 0 Å². The summed E-state index contributed by atoms with van der Waals surface area (Å²) in [6.07, 6.45) is 4.38. The van der Waals surface area contributed by atoms with Gasteiger partial charge in [-0.05, 0) is 37.3 Å². The van der Waals surface area contributed by atoms with E-state index in [1.165, 1.54) is 0 Å². The van der Waals surface area contributed by atoms with E-state index < -0.39 is 0 Å². The summed E-state index contributed by atoms with van der Waals surface area (Å²) in [5.74, 6) is 0. The van der Waals surface area contributed by atoms with E-state index in [4.69, 9.17) is 0 Å². The van der Waals surface area contributed by atoms with Crippen LogP contribution in [0.3, 0.4) is 0 Å². The van der Waals surface area contributed by atoms with Crippen LogP contribution >= 0.6 is 11.9 Å². The number of allylic oxidation sites excluding steroid dienone is 1. The van der Waals surface area contributed by atoms with E-state index >= 15 is 0 Å². The Morgan fingerprint density at radius 3 is 2.33 bits per heavy atom. The van der Waals surface area contributed by atoms with Crippen molar-refractivity contribution < 1.29 is 0 Å². The average molecular weight is 183 g/mol. The second-order valence-corrected chi connectivity index (χ2v) is 5.73. The predicted molar refractivity (Wildman–Crippen MR) is 57.7 cm³/mol. The van der Waals surface area contributed by atoms with Crippen LogP contribution < -0.4 is 0 Å². The molecule has 0 N–H and O–H groups in total. The van der Waals surface area contributed by atoms with Crippen molar-refractivity contribution in [1.29, 1.82) is 0 Å². The van der Waals surface area contributed by atoms with E-state index in [1.807, 2.05) is 6.92 Å². The summed E-state index contributed by atoms with van der Waals surface area (Å²) in [7, 11) is 0. The summed E-state index contributed by atoms with van der Waals surface area (Å²) in [6.45, 7) is 11.0. The van der Waals surface area contributed by atoms with Gasteiger partial charge >= 0.3 is 0 Å². The smallest absolute Gasteiger partial charge is 0.0581 e. The molecule has 1 nitrogen and oxygen atoms in total. The maximum atomic E-state index is 4.40. The minimum Gasteiger partial charge on any atom is -0.221 e. The van der Waals surface area contributed by atoms with E-state index in [1.54, 1.807) is 11.9 Å². The summed E-state index contributed by atoms with van der Waals surface area (Å²) in [4.78, 5) is 0. The Balaban J connectivity index is 2.86. The quantitative estimate of drug-likeness (QED) is 0.524. The van der Waals surface area contributed by atoms with Crippen LogP contribution in [0.15, 0.2) is 16.5 Å². The molecule has 0 aromatic rings. The molecule has 0 aliphatic carbocycles. The first-order chi connectivity index (χ1) is 5.35. The molecule has 1 atom stereocenters. The molecule has 1 unspecified atom stereocenters. The second kappa shape index (κ2) is 2.91. The maximum Gasteiger partial charge on any atom is 0.0581 e. The monoisotopic (exact) mass is 183 g/mol. The van der Waals surface area contributed by atoms with E-state index in [-0.39, 0.29) is 10.2 Å². The molecule has 0 saturated heterocycles. The van der Waals surface area contributed by atoms with Crippen molar-refractivity contribution in [3.05, 3.63) is 12.2 Å². The molecule has 0 aromatic heterocycles. The van der Waals surface area contributed by atoms with Crippen molar-refractivity contribution in [2.45, 2.75) is 39.4 Å². The van der Waals surface area contributed by atoms with Crippen LogP contribution in [0.4, 0.5) is 0 Å². The molecule has 0 spiro atoms. The van der Waals surface area contributed by atoms with Gasteiger partial charge in [0.15, 0.2) is 0 Å². The van der Waals surface area contributed by atoms with Crippen LogP contribution in [0.1, 0.15) is 34.6 Å². The van der Waals surface area contributed by atoms with Crippen molar-refractivity contribution in [1.82, 2.24) is 0 Å². The van der Waals surface area contributed by atoms with E-state index in [2.05, 4.69) is 44.2 Å². The molecule has 0 fully saturated rings. The third kappa shape index (κ3) is 1.74. The molecule has 12 heavy (non-hydrogen) atoms. The van der Waals surface area contributed by atoms with Gasteiger partial charge in [-0.15, -0.1) is 0 Å². The Labute approximate surface area is 79.5 Å².